The van der Waals surface area contributed by atoms with Gasteiger partial charge in [0.05, 0.1) is 6.54 Å². The van der Waals surface area contributed by atoms with Crippen molar-refractivity contribution in [2.24, 2.45) is 17.4 Å². The minimum absolute atomic E-state index is 0.108. The first-order valence-corrected chi connectivity index (χ1v) is 7.25. The maximum Gasteiger partial charge on any atom is 0.326 e. The number of primary amides is 1. The highest BCUT2D eigenvalue weighted by atomic mass is 16.4. The molecule has 23 heavy (non-hydrogen) atoms. The zero-order chi connectivity index (χ0) is 18.0. The van der Waals surface area contributed by atoms with Crippen LogP contribution in [-0.2, 0) is 14.4 Å². The number of hydrogen-bond acceptors (Lipinski definition) is 5. The summed E-state index contributed by atoms with van der Waals surface area (Å²) in [7, 11) is 0. The number of carbonyl (C=O) groups excluding carboxylic acids is 3. The van der Waals surface area contributed by atoms with Crippen LogP contribution in [0.5, 0.6) is 0 Å². The summed E-state index contributed by atoms with van der Waals surface area (Å²) >= 11 is 0. The van der Waals surface area contributed by atoms with E-state index in [1.54, 1.807) is 13.8 Å². The number of carboxylic acid groups (broad SMARTS) is 1. The molecule has 10 heteroatoms. The second kappa shape index (κ2) is 10.4. The van der Waals surface area contributed by atoms with E-state index in [-0.39, 0.29) is 25.4 Å². The smallest absolute Gasteiger partial charge is 0.326 e. The average molecular weight is 331 g/mol. The summed E-state index contributed by atoms with van der Waals surface area (Å²) < 4.78 is 0. The number of nitrogens with two attached hydrogens (primary N) is 2. The normalized spacial score (nSPS) is 13.0. The van der Waals surface area contributed by atoms with E-state index in [0.29, 0.717) is 6.42 Å². The summed E-state index contributed by atoms with van der Waals surface area (Å²) in [5.41, 5.74) is 10.1. The SMILES string of the molecule is CC(C)[C@H](NC(=O)CN)C(=O)N[C@@H](CCCNC(N)=O)C(=O)O. The zero-order valence-corrected chi connectivity index (χ0v) is 13.3. The van der Waals surface area contributed by atoms with Gasteiger partial charge in [-0.1, -0.05) is 13.8 Å². The van der Waals surface area contributed by atoms with Gasteiger partial charge in [0.2, 0.25) is 11.8 Å². The van der Waals surface area contributed by atoms with Gasteiger partial charge in [0.15, 0.2) is 0 Å². The Labute approximate surface area is 134 Å². The number of hydrogen-bond donors (Lipinski definition) is 6. The molecule has 0 aliphatic heterocycles. The molecule has 0 aliphatic rings. The summed E-state index contributed by atoms with van der Waals surface area (Å²) in [6, 6.07) is -2.71. The van der Waals surface area contributed by atoms with Crippen molar-refractivity contribution in [2.75, 3.05) is 13.1 Å². The van der Waals surface area contributed by atoms with E-state index in [9.17, 15) is 19.2 Å². The predicted octanol–water partition coefficient (Wildman–Crippen LogP) is -1.90. The van der Waals surface area contributed by atoms with Gasteiger partial charge in [-0.25, -0.2) is 9.59 Å². The van der Waals surface area contributed by atoms with E-state index in [1.807, 2.05) is 0 Å². The number of carboxylic acids is 1. The van der Waals surface area contributed by atoms with Crippen LogP contribution in [0.1, 0.15) is 26.7 Å². The van der Waals surface area contributed by atoms with Gasteiger partial charge in [-0.2, -0.15) is 0 Å². The third kappa shape index (κ3) is 8.61. The van der Waals surface area contributed by atoms with Gasteiger partial charge in [-0.05, 0) is 18.8 Å². The second-order valence-corrected chi connectivity index (χ2v) is 5.33. The lowest BCUT2D eigenvalue weighted by molar-refractivity contribution is -0.142. The van der Waals surface area contributed by atoms with Gasteiger partial charge in [0, 0.05) is 6.54 Å². The van der Waals surface area contributed by atoms with Crippen molar-refractivity contribution in [1.82, 2.24) is 16.0 Å². The lowest BCUT2D eigenvalue weighted by Gasteiger charge is -2.23. The number of carbonyl (C=O) groups is 4. The van der Waals surface area contributed by atoms with Crippen molar-refractivity contribution >= 4 is 23.8 Å². The number of rotatable bonds is 10. The molecule has 0 aliphatic carbocycles. The van der Waals surface area contributed by atoms with Crippen molar-refractivity contribution < 1.29 is 24.3 Å². The molecule has 8 N–H and O–H groups in total. The first-order chi connectivity index (χ1) is 10.7. The maximum absolute atomic E-state index is 12.2. The van der Waals surface area contributed by atoms with Crippen LogP contribution in [0.2, 0.25) is 0 Å². The van der Waals surface area contributed by atoms with Gasteiger partial charge >= 0.3 is 12.0 Å². The van der Waals surface area contributed by atoms with Gasteiger partial charge in [-0.15, -0.1) is 0 Å². The minimum atomic E-state index is -1.20. The van der Waals surface area contributed by atoms with Crippen molar-refractivity contribution in [3.63, 3.8) is 0 Å². The first kappa shape index (κ1) is 20.6. The van der Waals surface area contributed by atoms with E-state index < -0.39 is 35.9 Å². The molecule has 0 fully saturated rings. The van der Waals surface area contributed by atoms with E-state index in [4.69, 9.17) is 16.6 Å². The van der Waals surface area contributed by atoms with E-state index in [2.05, 4.69) is 16.0 Å². The Bertz CT molecular complexity index is 440. The first-order valence-electron chi connectivity index (χ1n) is 7.25. The van der Waals surface area contributed by atoms with E-state index >= 15 is 0 Å². The average Bonchev–Trinajstić information content (AvgIpc) is 2.46. The van der Waals surface area contributed by atoms with E-state index in [1.165, 1.54) is 0 Å². The van der Waals surface area contributed by atoms with Crippen LogP contribution in [0.4, 0.5) is 4.79 Å². The summed E-state index contributed by atoms with van der Waals surface area (Å²) in [5.74, 6) is -2.55. The van der Waals surface area contributed by atoms with Crippen molar-refractivity contribution in [3.05, 3.63) is 0 Å². The number of urea groups is 1. The molecule has 0 heterocycles. The van der Waals surface area contributed by atoms with Crippen LogP contribution in [0, 0.1) is 5.92 Å². The lowest BCUT2D eigenvalue weighted by Crippen LogP contribution is -2.54. The third-order valence-corrected chi connectivity index (χ3v) is 3.03. The molecule has 0 saturated carbocycles. The van der Waals surface area contributed by atoms with Gasteiger partial charge in [-0.3, -0.25) is 9.59 Å². The fourth-order valence-electron chi connectivity index (χ4n) is 1.80. The molecule has 0 unspecified atom stereocenters. The zero-order valence-electron chi connectivity index (χ0n) is 13.3. The molecule has 0 saturated heterocycles. The summed E-state index contributed by atoms with van der Waals surface area (Å²) in [6.07, 6.45) is 0.429. The van der Waals surface area contributed by atoms with Gasteiger partial charge in [0.25, 0.3) is 0 Å². The fraction of sp³-hybridized carbons (Fsp3) is 0.692. The van der Waals surface area contributed by atoms with Gasteiger partial charge in [0.1, 0.15) is 12.1 Å². The van der Waals surface area contributed by atoms with E-state index in [0.717, 1.165) is 0 Å². The molecule has 0 rings (SSSR count). The molecule has 0 aromatic carbocycles. The largest absolute Gasteiger partial charge is 0.480 e. The van der Waals surface area contributed by atoms with Crippen molar-refractivity contribution in [2.45, 2.75) is 38.8 Å². The van der Waals surface area contributed by atoms with Crippen LogP contribution in [0.15, 0.2) is 0 Å². The molecule has 2 atom stereocenters. The Morgan fingerprint density at radius 1 is 1.13 bits per heavy atom. The predicted molar refractivity (Wildman–Crippen MR) is 82.2 cm³/mol. The third-order valence-electron chi connectivity index (χ3n) is 3.03. The summed E-state index contributed by atoms with van der Waals surface area (Å²) in [5, 5.41) is 16.3. The Balaban J connectivity index is 4.64. The molecule has 0 aromatic heterocycles. The fourth-order valence-corrected chi connectivity index (χ4v) is 1.80. The molecule has 0 bridgehead atoms. The molecule has 0 spiro atoms. The van der Waals surface area contributed by atoms with Crippen molar-refractivity contribution in [3.8, 4) is 0 Å². The number of nitrogens with one attached hydrogen (secondary N) is 3. The molecule has 132 valence electrons. The highest BCUT2D eigenvalue weighted by Crippen LogP contribution is 2.04. The van der Waals surface area contributed by atoms with Crippen LogP contribution in [-0.4, -0.2) is 54.1 Å². The minimum Gasteiger partial charge on any atom is -0.480 e. The Morgan fingerprint density at radius 3 is 2.17 bits per heavy atom. The summed E-state index contributed by atoms with van der Waals surface area (Å²) in [4.78, 5) is 45.2. The quantitative estimate of drug-likeness (QED) is 0.255. The summed E-state index contributed by atoms with van der Waals surface area (Å²) in [6.45, 7) is 3.37. The topological polar surface area (TPSA) is 177 Å². The number of aliphatic carboxylic acids is 1. The lowest BCUT2D eigenvalue weighted by atomic mass is 10.0. The van der Waals surface area contributed by atoms with Crippen LogP contribution in [0.3, 0.4) is 0 Å². The Hall–Kier alpha value is -2.36. The maximum atomic E-state index is 12.2. The standard InChI is InChI=1S/C13H25N5O5/c1-7(2)10(18-9(19)6-14)11(20)17-8(12(21)22)4-3-5-16-13(15)23/h7-8,10H,3-6,14H2,1-2H3,(H,17,20)(H,18,19)(H,21,22)(H3,15,16,23)/t8-,10-/m0/s1. The van der Waals surface area contributed by atoms with Crippen LogP contribution < -0.4 is 27.4 Å². The second-order valence-electron chi connectivity index (χ2n) is 5.33. The number of amides is 4. The Morgan fingerprint density at radius 2 is 1.74 bits per heavy atom. The molecular weight excluding hydrogens is 306 g/mol. The molecule has 10 nitrogen and oxygen atoms in total. The highest BCUT2D eigenvalue weighted by Gasteiger charge is 2.28. The van der Waals surface area contributed by atoms with Crippen LogP contribution >= 0.6 is 0 Å². The Kier molecular flexibility index (Phi) is 9.31. The van der Waals surface area contributed by atoms with Gasteiger partial charge < -0.3 is 32.5 Å². The monoisotopic (exact) mass is 331 g/mol. The highest BCUT2D eigenvalue weighted by molar-refractivity contribution is 5.90. The van der Waals surface area contributed by atoms with Crippen molar-refractivity contribution in [1.29, 1.82) is 0 Å². The molecular formula is C13H25N5O5. The molecule has 0 aromatic rings. The molecule has 4 amide bonds. The van der Waals surface area contributed by atoms with Crippen LogP contribution in [0.25, 0.3) is 0 Å². The molecule has 0 radical (unpaired) electrons.